The van der Waals surface area contributed by atoms with E-state index in [0.717, 1.165) is 0 Å². The van der Waals surface area contributed by atoms with Gasteiger partial charge in [-0.2, -0.15) is 0 Å². The fourth-order valence-electron chi connectivity index (χ4n) is 1.54. The molecule has 19 heavy (non-hydrogen) atoms. The third-order valence-electron chi connectivity index (χ3n) is 2.88. The van der Waals surface area contributed by atoms with E-state index < -0.39 is 16.9 Å². The summed E-state index contributed by atoms with van der Waals surface area (Å²) < 4.78 is 11.9. The highest BCUT2D eigenvalue weighted by molar-refractivity contribution is 7.85. The van der Waals surface area contributed by atoms with Crippen molar-refractivity contribution >= 4 is 16.7 Å². The zero-order valence-electron chi connectivity index (χ0n) is 11.6. The molecule has 0 bridgehead atoms. The monoisotopic (exact) mass is 283 g/mol. The second-order valence-electron chi connectivity index (χ2n) is 4.65. The molecule has 0 fully saturated rings. The second-order valence-corrected chi connectivity index (χ2v) is 6.36. The molecule has 1 amide bonds. The molecule has 0 aliphatic carbocycles. The number of carbonyl (C=O) groups excluding carboxylic acids is 1. The number of hydrogen-bond acceptors (Lipinski definition) is 3. The predicted octanol–water partition coefficient (Wildman–Crippen LogP) is 1.56. The summed E-state index contributed by atoms with van der Waals surface area (Å²) in [6.45, 7) is 5.78. The van der Waals surface area contributed by atoms with Crippen molar-refractivity contribution in [1.82, 2.24) is 5.32 Å². The standard InChI is InChI=1S/C14H21NO3S/c1-4-19(18)13-8-6-5-7-11(13)14(17)15-9-12(16)10(2)3/h5-8,10,12,16H,4,9H2,1-3H3,(H,15,17). The summed E-state index contributed by atoms with van der Waals surface area (Å²) in [5.41, 5.74) is 0.415. The molecule has 1 rings (SSSR count). The highest BCUT2D eigenvalue weighted by Crippen LogP contribution is 2.14. The predicted molar refractivity (Wildman–Crippen MR) is 76.6 cm³/mol. The van der Waals surface area contributed by atoms with E-state index in [2.05, 4.69) is 5.32 Å². The highest BCUT2D eigenvalue weighted by Gasteiger charge is 2.16. The SMILES string of the molecule is CCS(=O)c1ccccc1C(=O)NCC(O)C(C)C. The number of benzene rings is 1. The van der Waals surface area contributed by atoms with Crippen LogP contribution in [-0.2, 0) is 10.8 Å². The van der Waals surface area contributed by atoms with Crippen LogP contribution in [0.3, 0.4) is 0 Å². The van der Waals surface area contributed by atoms with Crippen LogP contribution in [0.2, 0.25) is 0 Å². The fraction of sp³-hybridized carbons (Fsp3) is 0.500. The summed E-state index contributed by atoms with van der Waals surface area (Å²) in [6, 6.07) is 6.86. The molecule has 4 nitrogen and oxygen atoms in total. The Kier molecular flexibility index (Phi) is 6.18. The molecule has 2 N–H and O–H groups in total. The number of amides is 1. The molecule has 1 aromatic carbocycles. The topological polar surface area (TPSA) is 66.4 Å². The van der Waals surface area contributed by atoms with Gasteiger partial charge in [-0.25, -0.2) is 0 Å². The number of nitrogens with one attached hydrogen (secondary N) is 1. The molecule has 106 valence electrons. The van der Waals surface area contributed by atoms with Crippen molar-refractivity contribution in [3.05, 3.63) is 29.8 Å². The zero-order valence-corrected chi connectivity index (χ0v) is 12.4. The van der Waals surface area contributed by atoms with Crippen LogP contribution < -0.4 is 5.32 Å². The number of aliphatic hydroxyl groups is 1. The van der Waals surface area contributed by atoms with Crippen LogP contribution in [0.1, 0.15) is 31.1 Å². The number of aliphatic hydroxyl groups excluding tert-OH is 1. The van der Waals surface area contributed by atoms with E-state index in [1.165, 1.54) is 0 Å². The summed E-state index contributed by atoms with van der Waals surface area (Å²) in [7, 11) is -1.17. The van der Waals surface area contributed by atoms with Gasteiger partial charge in [-0.3, -0.25) is 9.00 Å². The molecule has 0 spiro atoms. The van der Waals surface area contributed by atoms with Crippen molar-refractivity contribution in [2.45, 2.75) is 31.8 Å². The Bertz CT molecular complexity index is 460. The van der Waals surface area contributed by atoms with Crippen molar-refractivity contribution in [2.24, 2.45) is 5.92 Å². The third-order valence-corrected chi connectivity index (χ3v) is 4.25. The van der Waals surface area contributed by atoms with Gasteiger partial charge in [-0.05, 0) is 18.1 Å². The van der Waals surface area contributed by atoms with Crippen molar-refractivity contribution < 1.29 is 14.1 Å². The molecule has 0 heterocycles. The van der Waals surface area contributed by atoms with Gasteiger partial charge >= 0.3 is 0 Å². The molecule has 2 unspecified atom stereocenters. The molecule has 5 heteroatoms. The molecule has 0 aliphatic heterocycles. The quantitative estimate of drug-likeness (QED) is 0.832. The summed E-state index contributed by atoms with van der Waals surface area (Å²) in [4.78, 5) is 12.6. The lowest BCUT2D eigenvalue weighted by Crippen LogP contribution is -2.35. The summed E-state index contributed by atoms with van der Waals surface area (Å²) in [5, 5.41) is 12.3. The van der Waals surface area contributed by atoms with Gasteiger partial charge in [0.2, 0.25) is 0 Å². The van der Waals surface area contributed by atoms with Crippen LogP contribution in [-0.4, -0.2) is 33.6 Å². The van der Waals surface area contributed by atoms with E-state index in [1.54, 1.807) is 24.3 Å². The first-order chi connectivity index (χ1) is 8.97. The largest absolute Gasteiger partial charge is 0.391 e. The van der Waals surface area contributed by atoms with Crippen LogP contribution in [0, 0.1) is 5.92 Å². The maximum atomic E-state index is 12.1. The van der Waals surface area contributed by atoms with Crippen LogP contribution >= 0.6 is 0 Å². The first-order valence-corrected chi connectivity index (χ1v) is 7.73. The molecular weight excluding hydrogens is 262 g/mol. The molecule has 0 aliphatic rings. The first-order valence-electron chi connectivity index (χ1n) is 6.41. The minimum Gasteiger partial charge on any atom is -0.391 e. The Labute approximate surface area is 116 Å². The smallest absolute Gasteiger partial charge is 0.252 e. The van der Waals surface area contributed by atoms with Crippen molar-refractivity contribution in [3.63, 3.8) is 0 Å². The molecule has 2 atom stereocenters. The molecule has 0 aromatic heterocycles. The average molecular weight is 283 g/mol. The second kappa shape index (κ2) is 7.40. The Morgan fingerprint density at radius 2 is 2.00 bits per heavy atom. The van der Waals surface area contributed by atoms with Crippen LogP contribution in [0.25, 0.3) is 0 Å². The number of carbonyl (C=O) groups is 1. The summed E-state index contributed by atoms with van der Waals surface area (Å²) in [6.07, 6.45) is -0.576. The molecule has 0 saturated carbocycles. The van der Waals surface area contributed by atoms with E-state index >= 15 is 0 Å². The van der Waals surface area contributed by atoms with Crippen LogP contribution in [0.5, 0.6) is 0 Å². The molecular formula is C14H21NO3S. The van der Waals surface area contributed by atoms with E-state index in [9.17, 15) is 14.1 Å². The lowest BCUT2D eigenvalue weighted by molar-refractivity contribution is 0.0869. The van der Waals surface area contributed by atoms with Gasteiger partial charge in [0, 0.05) is 12.3 Å². The Balaban J connectivity index is 2.80. The summed E-state index contributed by atoms with van der Waals surface area (Å²) >= 11 is 0. The zero-order chi connectivity index (χ0) is 14.4. The molecule has 1 aromatic rings. The van der Waals surface area contributed by atoms with Gasteiger partial charge in [-0.1, -0.05) is 32.9 Å². The molecule has 0 radical (unpaired) electrons. The maximum absolute atomic E-state index is 12.1. The van der Waals surface area contributed by atoms with Gasteiger partial charge in [0.25, 0.3) is 5.91 Å². The number of hydrogen-bond donors (Lipinski definition) is 2. The van der Waals surface area contributed by atoms with Crippen molar-refractivity contribution in [1.29, 1.82) is 0 Å². The highest BCUT2D eigenvalue weighted by atomic mass is 32.2. The van der Waals surface area contributed by atoms with Crippen LogP contribution in [0.4, 0.5) is 0 Å². The maximum Gasteiger partial charge on any atom is 0.252 e. The van der Waals surface area contributed by atoms with E-state index in [4.69, 9.17) is 0 Å². The molecule has 0 saturated heterocycles. The lowest BCUT2D eigenvalue weighted by atomic mass is 10.1. The van der Waals surface area contributed by atoms with E-state index in [-0.39, 0.29) is 18.4 Å². The van der Waals surface area contributed by atoms with Gasteiger partial charge in [0.1, 0.15) is 0 Å². The Hall–Kier alpha value is -1.20. The average Bonchev–Trinajstić information content (AvgIpc) is 2.43. The van der Waals surface area contributed by atoms with E-state index in [1.807, 2.05) is 20.8 Å². The van der Waals surface area contributed by atoms with Crippen LogP contribution in [0.15, 0.2) is 29.2 Å². The lowest BCUT2D eigenvalue weighted by Gasteiger charge is -2.15. The normalized spacial score (nSPS) is 14.2. The van der Waals surface area contributed by atoms with Gasteiger partial charge in [0.05, 0.1) is 27.4 Å². The van der Waals surface area contributed by atoms with Gasteiger partial charge in [0.15, 0.2) is 0 Å². The van der Waals surface area contributed by atoms with Gasteiger partial charge in [-0.15, -0.1) is 0 Å². The van der Waals surface area contributed by atoms with Gasteiger partial charge < -0.3 is 10.4 Å². The third kappa shape index (κ3) is 4.44. The van der Waals surface area contributed by atoms with E-state index in [0.29, 0.717) is 16.2 Å². The Morgan fingerprint density at radius 1 is 1.37 bits per heavy atom. The van der Waals surface area contributed by atoms with Crippen molar-refractivity contribution in [3.8, 4) is 0 Å². The number of rotatable bonds is 6. The first kappa shape index (κ1) is 15.9. The Morgan fingerprint density at radius 3 is 2.58 bits per heavy atom. The minimum absolute atomic E-state index is 0.0836. The minimum atomic E-state index is -1.17. The van der Waals surface area contributed by atoms with Crippen molar-refractivity contribution in [2.75, 3.05) is 12.3 Å². The fourth-order valence-corrected chi connectivity index (χ4v) is 2.48. The summed E-state index contributed by atoms with van der Waals surface area (Å²) in [5.74, 6) is 0.260.